The molecule has 0 aliphatic heterocycles. The zero-order chi connectivity index (χ0) is 13.7. The maximum Gasteiger partial charge on any atom is 0.412 e. The normalized spacial score (nSPS) is 23.1. The first-order chi connectivity index (χ1) is 9.20. The minimum Gasteiger partial charge on any atom is -0.410 e. The van der Waals surface area contributed by atoms with Gasteiger partial charge >= 0.3 is 6.09 Å². The molecule has 2 unspecified atom stereocenters. The fourth-order valence-corrected chi connectivity index (χ4v) is 2.34. The first-order valence-corrected chi connectivity index (χ1v) is 6.21. The smallest absolute Gasteiger partial charge is 0.410 e. The molecule has 0 heterocycles. The number of oxime groups is 1. The molecule has 4 N–H and O–H groups in total. The number of para-hydroxylation sites is 1. The SMILES string of the molecule is NC(=NO)C1CCCC1NC(=O)Oc1ccccc1. The van der Waals surface area contributed by atoms with E-state index in [1.807, 2.05) is 6.07 Å². The van der Waals surface area contributed by atoms with Gasteiger partial charge in [-0.15, -0.1) is 0 Å². The molecule has 2 rings (SSSR count). The molecule has 0 radical (unpaired) electrons. The Hall–Kier alpha value is -2.24. The summed E-state index contributed by atoms with van der Waals surface area (Å²) in [6.07, 6.45) is 2.00. The van der Waals surface area contributed by atoms with Crippen LogP contribution >= 0.6 is 0 Å². The summed E-state index contributed by atoms with van der Waals surface area (Å²) in [7, 11) is 0. The van der Waals surface area contributed by atoms with Crippen LogP contribution in [-0.2, 0) is 0 Å². The van der Waals surface area contributed by atoms with Gasteiger partial charge in [-0.1, -0.05) is 29.8 Å². The lowest BCUT2D eigenvalue weighted by molar-refractivity contribution is 0.194. The Balaban J connectivity index is 1.92. The van der Waals surface area contributed by atoms with Gasteiger partial charge in [0.1, 0.15) is 11.6 Å². The van der Waals surface area contributed by atoms with Crippen molar-refractivity contribution in [1.29, 1.82) is 0 Å². The van der Waals surface area contributed by atoms with E-state index in [9.17, 15) is 4.79 Å². The van der Waals surface area contributed by atoms with Crippen molar-refractivity contribution in [3.63, 3.8) is 0 Å². The van der Waals surface area contributed by atoms with Crippen molar-refractivity contribution in [1.82, 2.24) is 5.32 Å². The number of ether oxygens (including phenoxy) is 1. The minimum absolute atomic E-state index is 0.131. The second-order valence-electron chi connectivity index (χ2n) is 4.52. The molecule has 0 spiro atoms. The lowest BCUT2D eigenvalue weighted by Gasteiger charge is -2.19. The van der Waals surface area contributed by atoms with Crippen LogP contribution in [0.25, 0.3) is 0 Å². The Morgan fingerprint density at radius 1 is 1.37 bits per heavy atom. The van der Waals surface area contributed by atoms with Crippen LogP contribution in [0.15, 0.2) is 35.5 Å². The molecule has 6 nitrogen and oxygen atoms in total. The quantitative estimate of drug-likeness (QED) is 0.334. The van der Waals surface area contributed by atoms with Crippen LogP contribution < -0.4 is 15.8 Å². The number of nitrogens with two attached hydrogens (primary N) is 1. The van der Waals surface area contributed by atoms with E-state index in [1.165, 1.54) is 0 Å². The van der Waals surface area contributed by atoms with Gasteiger partial charge in [0, 0.05) is 12.0 Å². The van der Waals surface area contributed by atoms with Crippen LogP contribution in [0.1, 0.15) is 19.3 Å². The molecule has 1 aromatic carbocycles. The Morgan fingerprint density at radius 2 is 2.11 bits per heavy atom. The highest BCUT2D eigenvalue weighted by Gasteiger charge is 2.32. The molecule has 1 aliphatic carbocycles. The summed E-state index contributed by atoms with van der Waals surface area (Å²) in [6, 6.07) is 8.68. The molecule has 1 aromatic rings. The number of hydrogen-bond donors (Lipinski definition) is 3. The largest absolute Gasteiger partial charge is 0.412 e. The van der Waals surface area contributed by atoms with E-state index in [0.29, 0.717) is 5.75 Å². The minimum atomic E-state index is -0.520. The molecule has 6 heteroatoms. The highest BCUT2D eigenvalue weighted by atomic mass is 16.6. The molecule has 1 amide bonds. The molecule has 1 saturated carbocycles. The van der Waals surface area contributed by atoms with Crippen molar-refractivity contribution in [3.8, 4) is 5.75 Å². The fraction of sp³-hybridized carbons (Fsp3) is 0.385. The molecule has 1 aliphatic rings. The zero-order valence-electron chi connectivity index (χ0n) is 10.5. The maximum absolute atomic E-state index is 11.7. The molecular weight excluding hydrogens is 246 g/mol. The van der Waals surface area contributed by atoms with E-state index in [2.05, 4.69) is 10.5 Å². The Bertz CT molecular complexity index is 461. The van der Waals surface area contributed by atoms with E-state index in [0.717, 1.165) is 19.3 Å². The van der Waals surface area contributed by atoms with Crippen molar-refractivity contribution in [2.45, 2.75) is 25.3 Å². The fourth-order valence-electron chi connectivity index (χ4n) is 2.34. The number of hydrogen-bond acceptors (Lipinski definition) is 4. The summed E-state index contributed by atoms with van der Waals surface area (Å²) in [6.45, 7) is 0. The van der Waals surface area contributed by atoms with Gasteiger partial charge in [-0.2, -0.15) is 0 Å². The van der Waals surface area contributed by atoms with E-state index in [1.54, 1.807) is 24.3 Å². The van der Waals surface area contributed by atoms with Crippen molar-refractivity contribution in [2.24, 2.45) is 16.8 Å². The Kier molecular flexibility index (Phi) is 4.22. The number of amidine groups is 1. The third-order valence-electron chi connectivity index (χ3n) is 3.27. The third-order valence-corrected chi connectivity index (χ3v) is 3.27. The summed E-state index contributed by atoms with van der Waals surface area (Å²) in [5.74, 6) is 0.508. The van der Waals surface area contributed by atoms with Crippen LogP contribution in [0.4, 0.5) is 4.79 Å². The average Bonchev–Trinajstić information content (AvgIpc) is 2.87. The van der Waals surface area contributed by atoms with Gasteiger partial charge in [0.25, 0.3) is 0 Å². The van der Waals surface area contributed by atoms with Crippen molar-refractivity contribution in [2.75, 3.05) is 0 Å². The highest BCUT2D eigenvalue weighted by Crippen LogP contribution is 2.26. The van der Waals surface area contributed by atoms with Gasteiger partial charge in [0.2, 0.25) is 0 Å². The predicted octanol–water partition coefficient (Wildman–Crippen LogP) is 1.69. The second kappa shape index (κ2) is 6.08. The number of nitrogens with one attached hydrogen (secondary N) is 1. The zero-order valence-corrected chi connectivity index (χ0v) is 10.5. The number of benzene rings is 1. The third kappa shape index (κ3) is 3.37. The van der Waals surface area contributed by atoms with E-state index in [4.69, 9.17) is 15.7 Å². The van der Waals surface area contributed by atoms with Crippen LogP contribution in [0, 0.1) is 5.92 Å². The Morgan fingerprint density at radius 3 is 2.79 bits per heavy atom. The molecule has 0 bridgehead atoms. The van der Waals surface area contributed by atoms with Gasteiger partial charge < -0.3 is 21.0 Å². The Labute approximate surface area is 111 Å². The molecule has 1 fully saturated rings. The van der Waals surface area contributed by atoms with Crippen LogP contribution in [0.2, 0.25) is 0 Å². The van der Waals surface area contributed by atoms with Gasteiger partial charge in [0.05, 0.1) is 0 Å². The molecule has 2 atom stereocenters. The van der Waals surface area contributed by atoms with Crippen LogP contribution in [0.3, 0.4) is 0 Å². The monoisotopic (exact) mass is 263 g/mol. The van der Waals surface area contributed by atoms with Gasteiger partial charge in [0.15, 0.2) is 0 Å². The first-order valence-electron chi connectivity index (χ1n) is 6.21. The van der Waals surface area contributed by atoms with Gasteiger partial charge in [-0.3, -0.25) is 0 Å². The number of amides is 1. The van der Waals surface area contributed by atoms with Gasteiger partial charge in [-0.05, 0) is 25.0 Å². The summed E-state index contributed by atoms with van der Waals surface area (Å²) in [5.41, 5.74) is 5.60. The molecular formula is C13H17N3O3. The number of rotatable bonds is 3. The van der Waals surface area contributed by atoms with Crippen molar-refractivity contribution >= 4 is 11.9 Å². The van der Waals surface area contributed by atoms with Crippen molar-refractivity contribution < 1.29 is 14.7 Å². The standard InChI is InChI=1S/C13H17N3O3/c14-12(16-18)10-7-4-8-11(10)15-13(17)19-9-5-2-1-3-6-9/h1-3,5-6,10-11,18H,4,7-8H2,(H2,14,16)(H,15,17). The van der Waals surface area contributed by atoms with Crippen LogP contribution in [0.5, 0.6) is 5.75 Å². The molecule has 0 saturated heterocycles. The summed E-state index contributed by atoms with van der Waals surface area (Å²) in [4.78, 5) is 11.7. The van der Waals surface area contributed by atoms with Gasteiger partial charge in [-0.25, -0.2) is 4.79 Å². The second-order valence-corrected chi connectivity index (χ2v) is 4.52. The number of carbonyl (C=O) groups is 1. The highest BCUT2D eigenvalue weighted by molar-refractivity contribution is 5.84. The number of carbonyl (C=O) groups excluding carboxylic acids is 1. The number of nitrogens with zero attached hydrogens (tertiary/aromatic N) is 1. The molecule has 19 heavy (non-hydrogen) atoms. The predicted molar refractivity (Wildman–Crippen MR) is 70.1 cm³/mol. The average molecular weight is 263 g/mol. The summed E-state index contributed by atoms with van der Waals surface area (Å²) >= 11 is 0. The summed E-state index contributed by atoms with van der Waals surface area (Å²) in [5, 5.41) is 14.5. The van der Waals surface area contributed by atoms with Crippen molar-refractivity contribution in [3.05, 3.63) is 30.3 Å². The van der Waals surface area contributed by atoms with E-state index >= 15 is 0 Å². The van der Waals surface area contributed by atoms with Crippen LogP contribution in [-0.4, -0.2) is 23.2 Å². The van der Waals surface area contributed by atoms with E-state index < -0.39 is 6.09 Å². The lowest BCUT2D eigenvalue weighted by Crippen LogP contribution is -2.43. The van der Waals surface area contributed by atoms with E-state index in [-0.39, 0.29) is 17.8 Å². The summed E-state index contributed by atoms with van der Waals surface area (Å²) < 4.78 is 5.14. The maximum atomic E-state index is 11.7. The lowest BCUT2D eigenvalue weighted by atomic mass is 10.0. The first kappa shape index (κ1) is 13.2. The molecule has 102 valence electrons. The topological polar surface area (TPSA) is 96.9 Å². The molecule has 0 aromatic heterocycles.